The Hall–Kier alpha value is -2.46. The Labute approximate surface area is 144 Å². The van der Waals surface area contributed by atoms with Gasteiger partial charge < -0.3 is 9.32 Å². The van der Waals surface area contributed by atoms with Crippen LogP contribution in [0.1, 0.15) is 16.4 Å². The summed E-state index contributed by atoms with van der Waals surface area (Å²) in [5.41, 5.74) is 3.70. The van der Waals surface area contributed by atoms with Gasteiger partial charge in [0.2, 0.25) is 5.43 Å². The Balaban J connectivity index is 1.73. The van der Waals surface area contributed by atoms with Gasteiger partial charge in [0, 0.05) is 19.8 Å². The number of hydrogen-bond acceptors (Lipinski definition) is 4. The van der Waals surface area contributed by atoms with Crippen molar-refractivity contribution in [3.05, 3.63) is 76.0 Å². The van der Waals surface area contributed by atoms with Crippen LogP contribution < -0.4 is 10.3 Å². The van der Waals surface area contributed by atoms with E-state index in [0.717, 1.165) is 0 Å². The summed E-state index contributed by atoms with van der Waals surface area (Å²) in [7, 11) is 4.06. The van der Waals surface area contributed by atoms with Crippen molar-refractivity contribution >= 4 is 34.5 Å². The molecule has 0 bridgehead atoms. The van der Waals surface area contributed by atoms with Crippen molar-refractivity contribution in [1.82, 2.24) is 0 Å². The van der Waals surface area contributed by atoms with E-state index in [0.29, 0.717) is 21.6 Å². The van der Waals surface area contributed by atoms with Gasteiger partial charge in [0.15, 0.2) is 5.09 Å². The van der Waals surface area contributed by atoms with Crippen molar-refractivity contribution in [2.24, 2.45) is 0 Å². The zero-order valence-electron chi connectivity index (χ0n) is 13.5. The Bertz CT molecular complexity index is 987. The number of benzene rings is 2. The molecular weight excluding hydrogens is 318 g/mol. The van der Waals surface area contributed by atoms with E-state index < -0.39 is 0 Å². The molecule has 0 saturated heterocycles. The fourth-order valence-corrected chi connectivity index (χ4v) is 3.95. The lowest BCUT2D eigenvalue weighted by atomic mass is 10.1. The van der Waals surface area contributed by atoms with Crippen LogP contribution in [0.5, 0.6) is 0 Å². The summed E-state index contributed by atoms with van der Waals surface area (Å²) >= 11 is 1.59. The minimum absolute atomic E-state index is 0.0389. The predicted octanol–water partition coefficient (Wildman–Crippen LogP) is 4.72. The van der Waals surface area contributed by atoms with Gasteiger partial charge in [-0.2, -0.15) is 0 Å². The lowest BCUT2D eigenvalue weighted by molar-refractivity contribution is 0.496. The van der Waals surface area contributed by atoms with Crippen LogP contribution in [0.4, 0.5) is 5.69 Å². The van der Waals surface area contributed by atoms with Crippen molar-refractivity contribution in [2.75, 3.05) is 19.0 Å². The molecule has 0 fully saturated rings. The lowest BCUT2D eigenvalue weighted by Gasteiger charge is -2.19. The van der Waals surface area contributed by atoms with Gasteiger partial charge >= 0.3 is 0 Å². The predicted molar refractivity (Wildman–Crippen MR) is 101 cm³/mol. The maximum atomic E-state index is 12.6. The van der Waals surface area contributed by atoms with Crippen molar-refractivity contribution in [1.29, 1.82) is 0 Å². The SMILES string of the molecule is CN(C)c1ccc(C2C=Cc3c(oc4ccccc4c3=O)S2)cc1. The number of thioether (sulfide) groups is 1. The van der Waals surface area contributed by atoms with E-state index in [1.165, 1.54) is 11.3 Å². The molecule has 1 unspecified atom stereocenters. The van der Waals surface area contributed by atoms with E-state index >= 15 is 0 Å². The molecule has 0 radical (unpaired) electrons. The van der Waals surface area contributed by atoms with Crippen LogP contribution in [0.15, 0.2) is 68.9 Å². The van der Waals surface area contributed by atoms with Crippen LogP contribution >= 0.6 is 11.8 Å². The molecule has 1 aliphatic rings. The fourth-order valence-electron chi connectivity index (χ4n) is 2.85. The van der Waals surface area contributed by atoms with Crippen LogP contribution in [0.2, 0.25) is 0 Å². The number of hydrogen-bond donors (Lipinski definition) is 0. The third-order valence-corrected chi connectivity index (χ3v) is 5.41. The number of rotatable bonds is 2. The third-order valence-electron chi connectivity index (χ3n) is 4.21. The first kappa shape index (κ1) is 15.1. The van der Waals surface area contributed by atoms with Crippen LogP contribution in [-0.4, -0.2) is 14.1 Å². The van der Waals surface area contributed by atoms with Crippen molar-refractivity contribution in [3.8, 4) is 0 Å². The maximum Gasteiger partial charge on any atom is 0.201 e. The number of para-hydroxylation sites is 1. The summed E-state index contributed by atoms with van der Waals surface area (Å²) in [6.45, 7) is 0. The molecule has 0 amide bonds. The molecule has 3 aromatic rings. The smallest absolute Gasteiger partial charge is 0.201 e. The molecule has 0 aliphatic carbocycles. The zero-order valence-corrected chi connectivity index (χ0v) is 14.3. The molecule has 1 atom stereocenters. The number of anilines is 1. The highest BCUT2D eigenvalue weighted by Crippen LogP contribution is 2.42. The van der Waals surface area contributed by atoms with Gasteiger partial charge in [0.05, 0.1) is 16.2 Å². The van der Waals surface area contributed by atoms with Gasteiger partial charge in [0.1, 0.15) is 5.58 Å². The van der Waals surface area contributed by atoms with Crippen LogP contribution in [0.25, 0.3) is 17.0 Å². The molecule has 1 aromatic heterocycles. The van der Waals surface area contributed by atoms with Crippen LogP contribution in [0, 0.1) is 0 Å². The fraction of sp³-hybridized carbons (Fsp3) is 0.150. The topological polar surface area (TPSA) is 33.5 Å². The average molecular weight is 335 g/mol. The summed E-state index contributed by atoms with van der Waals surface area (Å²) in [4.78, 5) is 14.7. The Morgan fingerprint density at radius 3 is 2.54 bits per heavy atom. The van der Waals surface area contributed by atoms with Crippen molar-refractivity contribution in [2.45, 2.75) is 10.3 Å². The maximum absolute atomic E-state index is 12.6. The summed E-state index contributed by atoms with van der Waals surface area (Å²) in [6, 6.07) is 15.9. The largest absolute Gasteiger partial charge is 0.449 e. The molecule has 2 heterocycles. The third kappa shape index (κ3) is 2.53. The molecule has 4 heteroatoms. The number of fused-ring (bicyclic) bond motifs is 2. The molecule has 4 rings (SSSR count). The van der Waals surface area contributed by atoms with E-state index in [4.69, 9.17) is 4.42 Å². The molecule has 0 N–H and O–H groups in total. The van der Waals surface area contributed by atoms with Gasteiger partial charge in [-0.3, -0.25) is 4.79 Å². The van der Waals surface area contributed by atoms with Gasteiger partial charge in [0.25, 0.3) is 0 Å². The van der Waals surface area contributed by atoms with Gasteiger partial charge in [-0.15, -0.1) is 0 Å². The minimum atomic E-state index is 0.0389. The van der Waals surface area contributed by atoms with E-state index in [1.807, 2.05) is 44.4 Å². The van der Waals surface area contributed by atoms with Crippen molar-refractivity contribution in [3.63, 3.8) is 0 Å². The average Bonchev–Trinajstić information content (AvgIpc) is 2.61. The van der Waals surface area contributed by atoms with Gasteiger partial charge in [-0.05, 0) is 35.9 Å². The first-order valence-corrected chi connectivity index (χ1v) is 8.69. The summed E-state index contributed by atoms with van der Waals surface area (Å²) in [5, 5.41) is 1.48. The van der Waals surface area contributed by atoms with E-state index in [2.05, 4.69) is 35.2 Å². The molecule has 0 spiro atoms. The minimum Gasteiger partial charge on any atom is -0.449 e. The van der Waals surface area contributed by atoms with Gasteiger partial charge in [-0.1, -0.05) is 42.1 Å². The second-order valence-corrected chi connectivity index (χ2v) is 7.13. The second-order valence-electron chi connectivity index (χ2n) is 6.01. The normalized spacial score (nSPS) is 16.2. The van der Waals surface area contributed by atoms with E-state index in [9.17, 15) is 4.79 Å². The first-order chi connectivity index (χ1) is 11.6. The molecular formula is C20H17NO2S. The Morgan fingerprint density at radius 1 is 1.04 bits per heavy atom. The van der Waals surface area contributed by atoms with Crippen molar-refractivity contribution < 1.29 is 4.42 Å². The highest BCUT2D eigenvalue weighted by molar-refractivity contribution is 7.99. The quantitative estimate of drug-likeness (QED) is 0.678. The highest BCUT2D eigenvalue weighted by Gasteiger charge is 2.22. The molecule has 0 saturated carbocycles. The summed E-state index contributed by atoms with van der Waals surface area (Å²) < 4.78 is 5.98. The second kappa shape index (κ2) is 5.87. The molecule has 3 nitrogen and oxygen atoms in total. The Kier molecular flexibility index (Phi) is 3.69. The monoisotopic (exact) mass is 335 g/mol. The van der Waals surface area contributed by atoms with Gasteiger partial charge in [-0.25, -0.2) is 0 Å². The summed E-state index contributed by atoms with van der Waals surface area (Å²) in [6.07, 6.45) is 3.97. The molecule has 2 aromatic carbocycles. The van der Waals surface area contributed by atoms with E-state index in [1.54, 1.807) is 11.8 Å². The molecule has 120 valence electrons. The van der Waals surface area contributed by atoms with E-state index in [-0.39, 0.29) is 10.7 Å². The van der Waals surface area contributed by atoms with Crippen LogP contribution in [-0.2, 0) is 0 Å². The Morgan fingerprint density at radius 2 is 1.79 bits per heavy atom. The van der Waals surface area contributed by atoms with Crippen LogP contribution in [0.3, 0.4) is 0 Å². The lowest BCUT2D eigenvalue weighted by Crippen LogP contribution is -2.10. The standard InChI is InChI=1S/C20H17NO2S/c1-21(2)14-9-7-13(8-10-14)18-12-11-16-19(22)15-5-3-4-6-17(15)23-20(16)24-18/h3-12,18H,1-2H3. The summed E-state index contributed by atoms with van der Waals surface area (Å²) in [5.74, 6) is 0. The molecule has 24 heavy (non-hydrogen) atoms. The molecule has 1 aliphatic heterocycles. The zero-order chi connectivity index (χ0) is 16.7. The highest BCUT2D eigenvalue weighted by atomic mass is 32.2. The first-order valence-electron chi connectivity index (χ1n) is 7.81. The number of nitrogens with zero attached hydrogens (tertiary/aromatic N) is 1.